The third-order valence-electron chi connectivity index (χ3n) is 3.38. The zero-order valence-corrected chi connectivity index (χ0v) is 12.3. The molecule has 0 fully saturated rings. The molecule has 120 valence electrons. The lowest BCUT2D eigenvalue weighted by atomic mass is 10.0. The van der Waals surface area contributed by atoms with Crippen LogP contribution in [0.2, 0.25) is 0 Å². The second-order valence-electron chi connectivity index (χ2n) is 5.12. The van der Waals surface area contributed by atoms with Crippen LogP contribution in [-0.4, -0.2) is 23.0 Å². The van der Waals surface area contributed by atoms with Crippen molar-refractivity contribution in [3.05, 3.63) is 71.5 Å². The molecule has 0 radical (unpaired) electrons. The molecule has 6 heteroatoms. The van der Waals surface area contributed by atoms with Crippen LogP contribution in [0.25, 0.3) is 0 Å². The van der Waals surface area contributed by atoms with E-state index in [9.17, 15) is 19.1 Å². The summed E-state index contributed by atoms with van der Waals surface area (Å²) in [7, 11) is 0. The number of carboxylic acid groups (broad SMARTS) is 1. The van der Waals surface area contributed by atoms with Gasteiger partial charge in [0, 0.05) is 6.42 Å². The van der Waals surface area contributed by atoms with Crippen molar-refractivity contribution in [1.82, 2.24) is 5.32 Å². The van der Waals surface area contributed by atoms with Crippen molar-refractivity contribution < 1.29 is 19.1 Å². The van der Waals surface area contributed by atoms with Crippen LogP contribution in [0.3, 0.4) is 0 Å². The normalized spacial score (nSPS) is 13.1. The van der Waals surface area contributed by atoms with Gasteiger partial charge in [-0.3, -0.25) is 4.79 Å². The molecule has 23 heavy (non-hydrogen) atoms. The van der Waals surface area contributed by atoms with Crippen molar-refractivity contribution in [2.45, 2.75) is 18.5 Å². The summed E-state index contributed by atoms with van der Waals surface area (Å²) in [5, 5.41) is 11.7. The molecule has 0 aliphatic heterocycles. The van der Waals surface area contributed by atoms with Crippen LogP contribution in [0.4, 0.5) is 4.39 Å². The van der Waals surface area contributed by atoms with E-state index in [-0.39, 0.29) is 6.42 Å². The number of carbonyl (C=O) groups is 2. The lowest BCUT2D eigenvalue weighted by molar-refractivity contribution is -0.142. The lowest BCUT2D eigenvalue weighted by Gasteiger charge is -2.18. The predicted molar refractivity (Wildman–Crippen MR) is 83.0 cm³/mol. The molecule has 0 heterocycles. The highest BCUT2D eigenvalue weighted by molar-refractivity contribution is 5.87. The minimum Gasteiger partial charge on any atom is -0.480 e. The summed E-state index contributed by atoms with van der Waals surface area (Å²) >= 11 is 0. The van der Waals surface area contributed by atoms with Gasteiger partial charge in [0.05, 0.1) is 0 Å². The summed E-state index contributed by atoms with van der Waals surface area (Å²) in [6, 6.07) is 12.1. The second kappa shape index (κ2) is 7.51. The van der Waals surface area contributed by atoms with Gasteiger partial charge in [-0.25, -0.2) is 9.18 Å². The molecule has 0 aliphatic rings. The van der Waals surface area contributed by atoms with E-state index in [1.165, 1.54) is 18.2 Å². The number of hydrogen-bond donors (Lipinski definition) is 3. The number of nitrogens with two attached hydrogens (primary N) is 1. The highest BCUT2D eigenvalue weighted by Gasteiger charge is 2.24. The summed E-state index contributed by atoms with van der Waals surface area (Å²) < 4.78 is 13.2. The molecule has 0 spiro atoms. The fourth-order valence-electron chi connectivity index (χ4n) is 2.17. The van der Waals surface area contributed by atoms with Gasteiger partial charge in [-0.2, -0.15) is 0 Å². The van der Waals surface area contributed by atoms with Gasteiger partial charge < -0.3 is 16.2 Å². The Bertz CT molecular complexity index is 691. The zero-order chi connectivity index (χ0) is 16.8. The maximum atomic E-state index is 13.2. The van der Waals surface area contributed by atoms with Gasteiger partial charge in [-0.05, 0) is 23.3 Å². The molecule has 1 amide bonds. The zero-order valence-electron chi connectivity index (χ0n) is 12.3. The second-order valence-corrected chi connectivity index (χ2v) is 5.12. The molecule has 0 unspecified atom stereocenters. The van der Waals surface area contributed by atoms with Crippen LogP contribution >= 0.6 is 0 Å². The molecule has 0 saturated carbocycles. The van der Waals surface area contributed by atoms with E-state index in [1.807, 2.05) is 0 Å². The van der Waals surface area contributed by atoms with Gasteiger partial charge in [0.2, 0.25) is 5.91 Å². The van der Waals surface area contributed by atoms with E-state index in [4.69, 9.17) is 5.73 Å². The number of rotatable bonds is 6. The van der Waals surface area contributed by atoms with Crippen LogP contribution in [-0.2, 0) is 16.0 Å². The Morgan fingerprint density at radius 3 is 2.43 bits per heavy atom. The molecule has 2 rings (SSSR count). The Kier molecular flexibility index (Phi) is 5.43. The number of benzene rings is 2. The number of hydrogen-bond acceptors (Lipinski definition) is 3. The van der Waals surface area contributed by atoms with Gasteiger partial charge in [-0.1, -0.05) is 42.5 Å². The quantitative estimate of drug-likeness (QED) is 0.755. The van der Waals surface area contributed by atoms with Gasteiger partial charge in [0.15, 0.2) is 0 Å². The number of carboxylic acids is 1. The van der Waals surface area contributed by atoms with E-state index in [0.717, 1.165) is 0 Å². The topological polar surface area (TPSA) is 92.4 Å². The predicted octanol–water partition coefficient (Wildman–Crippen LogP) is 1.64. The number of nitrogens with one attached hydrogen (secondary N) is 1. The molecule has 0 saturated heterocycles. The maximum absolute atomic E-state index is 13.2. The van der Waals surface area contributed by atoms with Crippen LogP contribution < -0.4 is 11.1 Å². The molecule has 2 atom stereocenters. The van der Waals surface area contributed by atoms with Crippen LogP contribution in [0.1, 0.15) is 17.2 Å². The largest absolute Gasteiger partial charge is 0.480 e. The number of amides is 1. The van der Waals surface area contributed by atoms with Crippen molar-refractivity contribution in [1.29, 1.82) is 0 Å². The van der Waals surface area contributed by atoms with Crippen molar-refractivity contribution in [2.75, 3.05) is 0 Å². The van der Waals surface area contributed by atoms with E-state index in [0.29, 0.717) is 11.1 Å². The molecule has 4 N–H and O–H groups in total. The van der Waals surface area contributed by atoms with E-state index in [1.54, 1.807) is 36.4 Å². The maximum Gasteiger partial charge on any atom is 0.326 e. The fraction of sp³-hybridized carbons (Fsp3) is 0.176. The van der Waals surface area contributed by atoms with E-state index >= 15 is 0 Å². The first-order valence-electron chi connectivity index (χ1n) is 7.05. The third-order valence-corrected chi connectivity index (χ3v) is 3.38. The van der Waals surface area contributed by atoms with Crippen molar-refractivity contribution in [3.8, 4) is 0 Å². The molecule has 0 aliphatic carbocycles. The van der Waals surface area contributed by atoms with Gasteiger partial charge in [0.1, 0.15) is 17.9 Å². The first-order valence-corrected chi connectivity index (χ1v) is 7.05. The molecule has 2 aromatic rings. The van der Waals surface area contributed by atoms with E-state index in [2.05, 4.69) is 5.32 Å². The third kappa shape index (κ3) is 4.62. The lowest BCUT2D eigenvalue weighted by Crippen LogP contribution is -2.46. The number of aliphatic carboxylic acids is 1. The van der Waals surface area contributed by atoms with E-state index < -0.39 is 29.8 Å². The Morgan fingerprint density at radius 2 is 1.83 bits per heavy atom. The van der Waals surface area contributed by atoms with Crippen molar-refractivity contribution in [2.24, 2.45) is 5.73 Å². The van der Waals surface area contributed by atoms with Gasteiger partial charge in [0.25, 0.3) is 0 Å². The molecular formula is C17H17FN2O3. The smallest absolute Gasteiger partial charge is 0.326 e. The van der Waals surface area contributed by atoms with Crippen LogP contribution in [0.15, 0.2) is 54.6 Å². The van der Waals surface area contributed by atoms with Gasteiger partial charge >= 0.3 is 5.97 Å². The Hall–Kier alpha value is -2.73. The molecule has 0 aromatic heterocycles. The number of carbonyl (C=O) groups excluding carboxylic acids is 1. The first-order chi connectivity index (χ1) is 11.0. The van der Waals surface area contributed by atoms with Gasteiger partial charge in [-0.15, -0.1) is 0 Å². The number of halogens is 1. The fourth-order valence-corrected chi connectivity index (χ4v) is 2.17. The highest BCUT2D eigenvalue weighted by Crippen LogP contribution is 2.11. The Balaban J connectivity index is 2.07. The molecule has 0 bridgehead atoms. The minimum atomic E-state index is -1.21. The van der Waals surface area contributed by atoms with Crippen LogP contribution in [0.5, 0.6) is 0 Å². The SMILES string of the molecule is N[C@H](C(=O)N[C@H](Cc1cccc(F)c1)C(=O)O)c1ccccc1. The average molecular weight is 316 g/mol. The van der Waals surface area contributed by atoms with Crippen molar-refractivity contribution >= 4 is 11.9 Å². The average Bonchev–Trinajstić information content (AvgIpc) is 2.54. The Labute approximate surface area is 132 Å². The highest BCUT2D eigenvalue weighted by atomic mass is 19.1. The molecule has 5 nitrogen and oxygen atoms in total. The monoisotopic (exact) mass is 316 g/mol. The summed E-state index contributed by atoms with van der Waals surface area (Å²) in [5.41, 5.74) is 6.90. The van der Waals surface area contributed by atoms with Crippen LogP contribution in [0, 0.1) is 5.82 Å². The summed E-state index contributed by atoms with van der Waals surface area (Å²) in [6.07, 6.45) is -0.0274. The summed E-state index contributed by atoms with van der Waals surface area (Å²) in [6.45, 7) is 0. The summed E-state index contributed by atoms with van der Waals surface area (Å²) in [5.74, 6) is -2.26. The minimum absolute atomic E-state index is 0.0274. The first kappa shape index (κ1) is 16.6. The molecular weight excluding hydrogens is 299 g/mol. The Morgan fingerprint density at radius 1 is 1.13 bits per heavy atom. The summed E-state index contributed by atoms with van der Waals surface area (Å²) in [4.78, 5) is 23.5. The van der Waals surface area contributed by atoms with Crippen molar-refractivity contribution in [3.63, 3.8) is 0 Å². The molecule has 2 aromatic carbocycles. The standard InChI is InChI=1S/C17H17FN2O3/c18-13-8-4-5-11(9-13)10-14(17(22)23)20-16(21)15(19)12-6-2-1-3-7-12/h1-9,14-15H,10,19H2,(H,20,21)(H,22,23)/t14-,15+/m1/s1.